The lowest BCUT2D eigenvalue weighted by Gasteiger charge is -2.11. The number of amides is 1. The van der Waals surface area contributed by atoms with Crippen molar-refractivity contribution < 1.29 is 22.7 Å². The van der Waals surface area contributed by atoms with E-state index in [2.05, 4.69) is 15.0 Å². The number of nitrogens with one attached hydrogen (secondary N) is 1. The summed E-state index contributed by atoms with van der Waals surface area (Å²) in [6, 6.07) is 2.02. The normalized spacial score (nSPS) is 12.8. The van der Waals surface area contributed by atoms with Crippen LogP contribution in [0, 0.1) is 0 Å². The van der Waals surface area contributed by atoms with E-state index >= 15 is 0 Å². The second kappa shape index (κ2) is 7.09. The number of pyridine rings is 1. The van der Waals surface area contributed by atoms with Crippen LogP contribution in [-0.4, -0.2) is 29.7 Å². The first-order valence-corrected chi connectivity index (χ1v) is 6.04. The molecule has 0 aliphatic rings. The number of alkyl halides is 3. The van der Waals surface area contributed by atoms with Crippen LogP contribution in [0.25, 0.3) is 0 Å². The molecule has 112 valence electrons. The van der Waals surface area contributed by atoms with Gasteiger partial charge in [0.05, 0.1) is 17.9 Å². The van der Waals surface area contributed by atoms with E-state index in [1.807, 2.05) is 6.92 Å². The highest BCUT2D eigenvalue weighted by Gasteiger charge is 2.28. The van der Waals surface area contributed by atoms with Crippen LogP contribution in [0.15, 0.2) is 18.3 Å². The van der Waals surface area contributed by atoms with Crippen molar-refractivity contribution in [3.05, 3.63) is 18.3 Å². The molecule has 20 heavy (non-hydrogen) atoms. The lowest BCUT2D eigenvalue weighted by Crippen LogP contribution is -2.35. The molecule has 1 aromatic heterocycles. The average Bonchev–Trinajstić information content (AvgIpc) is 2.37. The Balaban J connectivity index is 2.52. The Morgan fingerprint density at radius 3 is 2.70 bits per heavy atom. The fourth-order valence-corrected chi connectivity index (χ4v) is 1.37. The van der Waals surface area contributed by atoms with Gasteiger partial charge in [0.25, 0.3) is 0 Å². The summed E-state index contributed by atoms with van der Waals surface area (Å²) in [6.07, 6.45) is -1.88. The van der Waals surface area contributed by atoms with Gasteiger partial charge in [-0.15, -0.1) is 0 Å². The topological polar surface area (TPSA) is 77.2 Å². The molecule has 3 N–H and O–H groups in total. The van der Waals surface area contributed by atoms with Crippen LogP contribution < -0.4 is 15.8 Å². The number of halogens is 3. The lowest BCUT2D eigenvalue weighted by atomic mass is 10.1. The SMILES string of the molecule is CCCC(N)C(=O)Nc1ccc(OCC(F)(F)F)nc1. The number of ether oxygens (including phenoxy) is 1. The maximum atomic E-state index is 11.9. The molecule has 5 nitrogen and oxygen atoms in total. The standard InChI is InChI=1S/C12H16F3N3O2/c1-2-3-9(16)11(19)18-8-4-5-10(17-6-8)20-7-12(13,14)15/h4-6,9H,2-3,7,16H2,1H3,(H,18,19). The van der Waals surface area contributed by atoms with Crippen LogP contribution in [0.5, 0.6) is 5.88 Å². The summed E-state index contributed by atoms with van der Waals surface area (Å²) in [5, 5.41) is 2.52. The van der Waals surface area contributed by atoms with Crippen LogP contribution in [0.4, 0.5) is 18.9 Å². The third-order valence-electron chi connectivity index (χ3n) is 2.32. The quantitative estimate of drug-likeness (QED) is 0.841. The van der Waals surface area contributed by atoms with Gasteiger partial charge >= 0.3 is 6.18 Å². The minimum Gasteiger partial charge on any atom is -0.468 e. The molecular weight excluding hydrogens is 275 g/mol. The van der Waals surface area contributed by atoms with Gasteiger partial charge in [-0.2, -0.15) is 13.2 Å². The van der Waals surface area contributed by atoms with E-state index in [0.29, 0.717) is 12.1 Å². The second-order valence-corrected chi connectivity index (χ2v) is 4.17. The van der Waals surface area contributed by atoms with Crippen LogP contribution in [-0.2, 0) is 4.79 Å². The zero-order valence-electron chi connectivity index (χ0n) is 10.9. The van der Waals surface area contributed by atoms with Gasteiger partial charge in [0.15, 0.2) is 6.61 Å². The predicted molar refractivity (Wildman–Crippen MR) is 67.3 cm³/mol. The molecule has 0 aromatic carbocycles. The number of nitrogens with zero attached hydrogens (tertiary/aromatic N) is 1. The minimum atomic E-state index is -4.42. The number of hydrogen-bond donors (Lipinski definition) is 2. The van der Waals surface area contributed by atoms with E-state index in [0.717, 1.165) is 6.42 Å². The van der Waals surface area contributed by atoms with Gasteiger partial charge in [0.1, 0.15) is 0 Å². The van der Waals surface area contributed by atoms with Gasteiger partial charge in [-0.25, -0.2) is 4.98 Å². The van der Waals surface area contributed by atoms with Gasteiger partial charge in [0.2, 0.25) is 11.8 Å². The smallest absolute Gasteiger partial charge is 0.422 e. The van der Waals surface area contributed by atoms with Gasteiger partial charge in [-0.3, -0.25) is 4.79 Å². The van der Waals surface area contributed by atoms with E-state index < -0.39 is 18.8 Å². The van der Waals surface area contributed by atoms with Crippen molar-refractivity contribution in [2.45, 2.75) is 32.0 Å². The molecule has 0 fully saturated rings. The fraction of sp³-hybridized carbons (Fsp3) is 0.500. The average molecular weight is 291 g/mol. The molecule has 0 bridgehead atoms. The fourth-order valence-electron chi connectivity index (χ4n) is 1.37. The van der Waals surface area contributed by atoms with E-state index in [9.17, 15) is 18.0 Å². The second-order valence-electron chi connectivity index (χ2n) is 4.17. The highest BCUT2D eigenvalue weighted by Crippen LogP contribution is 2.18. The largest absolute Gasteiger partial charge is 0.468 e. The van der Waals surface area contributed by atoms with Gasteiger partial charge < -0.3 is 15.8 Å². The van der Waals surface area contributed by atoms with Crippen molar-refractivity contribution in [2.24, 2.45) is 5.73 Å². The van der Waals surface area contributed by atoms with Crippen molar-refractivity contribution in [1.82, 2.24) is 4.98 Å². The van der Waals surface area contributed by atoms with Crippen LogP contribution in [0.2, 0.25) is 0 Å². The number of carbonyl (C=O) groups is 1. The summed E-state index contributed by atoms with van der Waals surface area (Å²) in [4.78, 5) is 15.3. The highest BCUT2D eigenvalue weighted by molar-refractivity contribution is 5.94. The Bertz CT molecular complexity index is 435. The molecule has 0 aliphatic heterocycles. The van der Waals surface area contributed by atoms with Crippen LogP contribution >= 0.6 is 0 Å². The molecular formula is C12H16F3N3O2. The van der Waals surface area contributed by atoms with E-state index in [-0.39, 0.29) is 11.8 Å². The molecule has 0 saturated carbocycles. The third-order valence-corrected chi connectivity index (χ3v) is 2.32. The van der Waals surface area contributed by atoms with Crippen molar-refractivity contribution in [2.75, 3.05) is 11.9 Å². The number of aromatic nitrogens is 1. The zero-order valence-corrected chi connectivity index (χ0v) is 10.9. The first-order valence-electron chi connectivity index (χ1n) is 6.04. The Morgan fingerprint density at radius 2 is 2.20 bits per heavy atom. The summed E-state index contributed by atoms with van der Waals surface area (Å²) in [5.74, 6) is -0.532. The van der Waals surface area contributed by atoms with Crippen molar-refractivity contribution in [1.29, 1.82) is 0 Å². The summed E-state index contributed by atoms with van der Waals surface area (Å²) in [6.45, 7) is 0.495. The molecule has 1 aromatic rings. The number of rotatable bonds is 6. The predicted octanol–water partition coefficient (Wildman–Crippen LogP) is 2.09. The Kier molecular flexibility index (Phi) is 5.75. The Morgan fingerprint density at radius 1 is 1.50 bits per heavy atom. The first-order chi connectivity index (χ1) is 9.31. The molecule has 0 saturated heterocycles. The molecule has 1 amide bonds. The molecule has 0 spiro atoms. The maximum absolute atomic E-state index is 11.9. The summed E-state index contributed by atoms with van der Waals surface area (Å²) < 4.78 is 40.2. The van der Waals surface area contributed by atoms with E-state index in [4.69, 9.17) is 5.73 Å². The molecule has 0 aliphatic carbocycles. The van der Waals surface area contributed by atoms with Gasteiger partial charge in [0, 0.05) is 6.07 Å². The highest BCUT2D eigenvalue weighted by atomic mass is 19.4. The number of anilines is 1. The first kappa shape index (κ1) is 16.2. The summed E-state index contributed by atoms with van der Waals surface area (Å²) >= 11 is 0. The number of nitrogens with two attached hydrogens (primary N) is 1. The van der Waals surface area contributed by atoms with Gasteiger partial charge in [-0.05, 0) is 12.5 Å². The van der Waals surface area contributed by atoms with Crippen LogP contribution in [0.3, 0.4) is 0 Å². The van der Waals surface area contributed by atoms with Crippen molar-refractivity contribution in [3.63, 3.8) is 0 Å². The third kappa shape index (κ3) is 5.87. The molecule has 8 heteroatoms. The minimum absolute atomic E-state index is 0.168. The molecule has 1 atom stereocenters. The Hall–Kier alpha value is -1.83. The monoisotopic (exact) mass is 291 g/mol. The van der Waals surface area contributed by atoms with E-state index in [1.165, 1.54) is 18.3 Å². The van der Waals surface area contributed by atoms with Crippen molar-refractivity contribution >= 4 is 11.6 Å². The molecule has 1 rings (SSSR count). The lowest BCUT2D eigenvalue weighted by molar-refractivity contribution is -0.154. The molecule has 0 radical (unpaired) electrons. The van der Waals surface area contributed by atoms with Gasteiger partial charge in [-0.1, -0.05) is 13.3 Å². The molecule has 1 heterocycles. The van der Waals surface area contributed by atoms with Crippen molar-refractivity contribution in [3.8, 4) is 5.88 Å². The van der Waals surface area contributed by atoms with Crippen LogP contribution in [0.1, 0.15) is 19.8 Å². The number of carbonyl (C=O) groups excluding carboxylic acids is 1. The maximum Gasteiger partial charge on any atom is 0.422 e. The molecule has 1 unspecified atom stereocenters. The zero-order chi connectivity index (χ0) is 15.2. The summed E-state index contributed by atoms with van der Waals surface area (Å²) in [7, 11) is 0. The Labute approximate surface area is 114 Å². The number of hydrogen-bond acceptors (Lipinski definition) is 4. The summed E-state index contributed by atoms with van der Waals surface area (Å²) in [5.41, 5.74) is 5.97. The van der Waals surface area contributed by atoms with E-state index in [1.54, 1.807) is 0 Å².